The van der Waals surface area contributed by atoms with E-state index in [1.807, 2.05) is 0 Å². The minimum Gasteiger partial charge on any atom is -0.436 e. The Labute approximate surface area is 72.7 Å². The predicted molar refractivity (Wildman–Crippen MR) is 38.8 cm³/mol. The fourth-order valence-electron chi connectivity index (χ4n) is 0.952. The molecule has 0 saturated carbocycles. The monoisotopic (exact) mass is 194 g/mol. The first-order chi connectivity index (χ1) is 5.82. The van der Waals surface area contributed by atoms with Crippen molar-refractivity contribution in [2.24, 2.45) is 5.73 Å². The molecule has 0 radical (unpaired) electrons. The van der Waals surface area contributed by atoms with Gasteiger partial charge < -0.3 is 10.2 Å². The topological polar surface area (TPSA) is 52.0 Å². The largest absolute Gasteiger partial charge is 0.468 e. The second kappa shape index (κ2) is 3.02. The number of nitrogens with two attached hydrogens (primary N) is 1. The molecule has 6 heteroatoms. The van der Waals surface area contributed by atoms with Crippen molar-refractivity contribution in [3.63, 3.8) is 0 Å². The maximum atomic E-state index is 12.0. The first kappa shape index (κ1) is 10.0. The molecule has 0 fully saturated rings. The van der Waals surface area contributed by atoms with Crippen molar-refractivity contribution in [1.29, 1.82) is 0 Å². The number of hydrogen-bond acceptors (Lipinski definition) is 3. The van der Waals surface area contributed by atoms with Crippen LogP contribution in [0.2, 0.25) is 0 Å². The lowest BCUT2D eigenvalue weighted by atomic mass is 10.2. The van der Waals surface area contributed by atoms with Gasteiger partial charge in [-0.15, -0.1) is 0 Å². The summed E-state index contributed by atoms with van der Waals surface area (Å²) in [5, 5.41) is 0. The van der Waals surface area contributed by atoms with Gasteiger partial charge in [0.1, 0.15) is 5.76 Å². The van der Waals surface area contributed by atoms with Crippen molar-refractivity contribution in [2.45, 2.75) is 26.1 Å². The lowest BCUT2D eigenvalue weighted by molar-refractivity contribution is -0.157. The summed E-state index contributed by atoms with van der Waals surface area (Å²) >= 11 is 0. The fraction of sp³-hybridized carbons (Fsp3) is 0.571. The molecule has 1 atom stereocenters. The number of aromatic nitrogens is 1. The van der Waals surface area contributed by atoms with E-state index >= 15 is 0 Å². The zero-order valence-corrected chi connectivity index (χ0v) is 7.14. The summed E-state index contributed by atoms with van der Waals surface area (Å²) in [4.78, 5) is 3.23. The first-order valence-electron chi connectivity index (χ1n) is 3.62. The molecule has 0 amide bonds. The minimum absolute atomic E-state index is 0.0762. The molecule has 0 aliphatic rings. The maximum Gasteiger partial charge on any atom is 0.468 e. The summed E-state index contributed by atoms with van der Waals surface area (Å²) in [6.07, 6.45) is -4.54. The average molecular weight is 194 g/mol. The van der Waals surface area contributed by atoms with E-state index in [0.717, 1.165) is 0 Å². The highest BCUT2D eigenvalue weighted by Gasteiger charge is 2.38. The molecule has 1 aromatic heterocycles. The molecular formula is C7H9F3N2O. The SMILES string of the molecule is Cc1nc(C(F)(F)F)oc1C(C)N. The zero-order valence-electron chi connectivity index (χ0n) is 7.14. The Hall–Kier alpha value is -1.04. The average Bonchev–Trinajstić information content (AvgIpc) is 2.29. The Balaban J connectivity index is 3.10. The van der Waals surface area contributed by atoms with Crippen LogP contribution in [-0.4, -0.2) is 4.98 Å². The molecule has 1 rings (SSSR count). The lowest BCUT2D eigenvalue weighted by Crippen LogP contribution is -2.06. The van der Waals surface area contributed by atoms with Crippen LogP contribution in [0.5, 0.6) is 0 Å². The van der Waals surface area contributed by atoms with Crippen LogP contribution in [0.4, 0.5) is 13.2 Å². The van der Waals surface area contributed by atoms with Gasteiger partial charge in [-0.25, -0.2) is 4.98 Å². The molecule has 3 nitrogen and oxygen atoms in total. The molecule has 0 aliphatic carbocycles. The quantitative estimate of drug-likeness (QED) is 0.744. The van der Waals surface area contributed by atoms with Gasteiger partial charge in [0.25, 0.3) is 0 Å². The van der Waals surface area contributed by atoms with Gasteiger partial charge in [-0.1, -0.05) is 0 Å². The molecule has 0 saturated heterocycles. The Morgan fingerprint density at radius 2 is 2.00 bits per heavy atom. The number of rotatable bonds is 1. The summed E-state index contributed by atoms with van der Waals surface area (Å²) in [5.41, 5.74) is 5.55. The van der Waals surface area contributed by atoms with E-state index in [9.17, 15) is 13.2 Å². The van der Waals surface area contributed by atoms with Gasteiger partial charge in [-0.05, 0) is 13.8 Å². The van der Waals surface area contributed by atoms with E-state index in [2.05, 4.69) is 9.40 Å². The molecule has 0 bridgehead atoms. The maximum absolute atomic E-state index is 12.0. The second-order valence-corrected chi connectivity index (χ2v) is 2.76. The van der Waals surface area contributed by atoms with Gasteiger partial charge in [-0.2, -0.15) is 13.2 Å². The van der Waals surface area contributed by atoms with Crippen molar-refractivity contribution in [3.05, 3.63) is 17.3 Å². The normalized spacial score (nSPS) is 14.6. The first-order valence-corrected chi connectivity index (χ1v) is 3.62. The second-order valence-electron chi connectivity index (χ2n) is 2.76. The van der Waals surface area contributed by atoms with Gasteiger partial charge in [0, 0.05) is 0 Å². The number of halogens is 3. The van der Waals surface area contributed by atoms with Crippen LogP contribution in [0.3, 0.4) is 0 Å². The fourth-order valence-corrected chi connectivity index (χ4v) is 0.952. The van der Waals surface area contributed by atoms with Crippen LogP contribution < -0.4 is 5.73 Å². The standard InChI is InChI=1S/C7H9F3N2O/c1-3(11)5-4(2)12-6(13-5)7(8,9)10/h3H,11H2,1-2H3. The number of nitrogens with zero attached hydrogens (tertiary/aromatic N) is 1. The van der Waals surface area contributed by atoms with E-state index in [0.29, 0.717) is 0 Å². The van der Waals surface area contributed by atoms with E-state index in [1.54, 1.807) is 0 Å². The predicted octanol–water partition coefficient (Wildman–Crippen LogP) is 2.02. The van der Waals surface area contributed by atoms with Crippen LogP contribution in [0, 0.1) is 6.92 Å². The summed E-state index contributed by atoms with van der Waals surface area (Å²) < 4.78 is 40.6. The van der Waals surface area contributed by atoms with Crippen molar-refractivity contribution in [2.75, 3.05) is 0 Å². The van der Waals surface area contributed by atoms with Crippen molar-refractivity contribution >= 4 is 0 Å². The van der Waals surface area contributed by atoms with Gasteiger partial charge in [0.2, 0.25) is 0 Å². The molecule has 1 aromatic rings. The smallest absolute Gasteiger partial charge is 0.436 e. The summed E-state index contributed by atoms with van der Waals surface area (Å²) in [6, 6.07) is -0.580. The molecule has 0 aliphatic heterocycles. The molecule has 2 N–H and O–H groups in total. The van der Waals surface area contributed by atoms with Gasteiger partial charge in [0.15, 0.2) is 0 Å². The third-order valence-electron chi connectivity index (χ3n) is 1.49. The summed E-state index contributed by atoms with van der Waals surface area (Å²) in [5.74, 6) is -1.16. The third kappa shape index (κ3) is 2.00. The number of alkyl halides is 3. The van der Waals surface area contributed by atoms with Crippen LogP contribution in [0.15, 0.2) is 4.42 Å². The van der Waals surface area contributed by atoms with E-state index in [4.69, 9.17) is 5.73 Å². The number of aryl methyl sites for hydroxylation is 1. The Morgan fingerprint density at radius 3 is 2.23 bits per heavy atom. The molecule has 1 unspecified atom stereocenters. The Bertz CT molecular complexity index is 303. The van der Waals surface area contributed by atoms with Crippen molar-refractivity contribution in [1.82, 2.24) is 4.98 Å². The molecule has 13 heavy (non-hydrogen) atoms. The Kier molecular flexibility index (Phi) is 2.34. The number of oxazole rings is 1. The van der Waals surface area contributed by atoms with Crippen molar-refractivity contribution in [3.8, 4) is 0 Å². The lowest BCUT2D eigenvalue weighted by Gasteiger charge is -2.00. The third-order valence-corrected chi connectivity index (χ3v) is 1.49. The van der Waals surface area contributed by atoms with E-state index in [-0.39, 0.29) is 11.5 Å². The molecular weight excluding hydrogens is 185 g/mol. The van der Waals surface area contributed by atoms with Gasteiger partial charge >= 0.3 is 12.1 Å². The minimum atomic E-state index is -4.54. The van der Waals surface area contributed by atoms with Gasteiger partial charge in [0.05, 0.1) is 11.7 Å². The van der Waals surface area contributed by atoms with Crippen LogP contribution in [-0.2, 0) is 6.18 Å². The Morgan fingerprint density at radius 1 is 1.46 bits per heavy atom. The molecule has 0 aromatic carbocycles. The summed E-state index contributed by atoms with van der Waals surface area (Å²) in [6.45, 7) is 2.96. The highest BCUT2D eigenvalue weighted by molar-refractivity contribution is 5.12. The molecule has 1 heterocycles. The highest BCUT2D eigenvalue weighted by Crippen LogP contribution is 2.31. The van der Waals surface area contributed by atoms with Crippen LogP contribution >= 0.6 is 0 Å². The van der Waals surface area contributed by atoms with E-state index in [1.165, 1.54) is 13.8 Å². The summed E-state index contributed by atoms with van der Waals surface area (Å²) in [7, 11) is 0. The highest BCUT2D eigenvalue weighted by atomic mass is 19.4. The molecule has 74 valence electrons. The van der Waals surface area contributed by atoms with Gasteiger partial charge in [-0.3, -0.25) is 0 Å². The number of hydrogen-bond donors (Lipinski definition) is 1. The van der Waals surface area contributed by atoms with Crippen LogP contribution in [0.25, 0.3) is 0 Å². The molecule has 0 spiro atoms. The zero-order chi connectivity index (χ0) is 10.2. The van der Waals surface area contributed by atoms with E-state index < -0.39 is 18.1 Å². The van der Waals surface area contributed by atoms with Crippen molar-refractivity contribution < 1.29 is 17.6 Å². The van der Waals surface area contributed by atoms with Crippen LogP contribution in [0.1, 0.15) is 30.3 Å².